The number of nitrogens with one attached hydrogen (secondary N) is 1. The fourth-order valence-corrected chi connectivity index (χ4v) is 2.89. The van der Waals surface area contributed by atoms with Crippen LogP contribution in [0.2, 0.25) is 0 Å². The molecule has 3 N–H and O–H groups in total. The molecule has 0 amide bonds. The molecule has 0 radical (unpaired) electrons. The number of benzene rings is 1. The van der Waals surface area contributed by atoms with Gasteiger partial charge in [0.15, 0.2) is 0 Å². The molecule has 8 heteroatoms. The van der Waals surface area contributed by atoms with E-state index >= 15 is 0 Å². The van der Waals surface area contributed by atoms with Gasteiger partial charge in [-0.3, -0.25) is 4.90 Å². The first-order chi connectivity index (χ1) is 11.8. The summed E-state index contributed by atoms with van der Waals surface area (Å²) >= 11 is 0. The van der Waals surface area contributed by atoms with Crippen LogP contribution in [0.3, 0.4) is 0 Å². The lowest BCUT2D eigenvalue weighted by Gasteiger charge is -2.34. The van der Waals surface area contributed by atoms with E-state index in [2.05, 4.69) is 17.1 Å². The molecular formula is C17H26F3N3O2. The van der Waals surface area contributed by atoms with Crippen molar-refractivity contribution in [2.24, 2.45) is 0 Å². The summed E-state index contributed by atoms with van der Waals surface area (Å²) in [6.45, 7) is 6.12. The molecule has 1 aliphatic heterocycles. The van der Waals surface area contributed by atoms with Crippen LogP contribution in [0.25, 0.3) is 0 Å². The SMILES string of the molecule is CCN1CCN(Cc2ccc(NCC(O)CO)cc2C(F)(F)F)CC1. The Labute approximate surface area is 146 Å². The second kappa shape index (κ2) is 8.84. The molecule has 2 rings (SSSR count). The first-order valence-corrected chi connectivity index (χ1v) is 8.51. The Kier molecular flexibility index (Phi) is 7.06. The number of rotatable bonds is 7. The fraction of sp³-hybridized carbons (Fsp3) is 0.647. The van der Waals surface area contributed by atoms with Gasteiger partial charge in [0.25, 0.3) is 0 Å². The van der Waals surface area contributed by atoms with Crippen LogP contribution >= 0.6 is 0 Å². The van der Waals surface area contributed by atoms with E-state index in [4.69, 9.17) is 5.11 Å². The maximum atomic E-state index is 13.4. The van der Waals surface area contributed by atoms with Crippen LogP contribution < -0.4 is 5.32 Å². The maximum absolute atomic E-state index is 13.4. The number of alkyl halides is 3. The molecule has 1 aromatic carbocycles. The van der Waals surface area contributed by atoms with Crippen LogP contribution in [0.4, 0.5) is 18.9 Å². The third-order valence-electron chi connectivity index (χ3n) is 4.47. The monoisotopic (exact) mass is 361 g/mol. The molecule has 1 fully saturated rings. The predicted octanol–water partition coefficient (Wildman–Crippen LogP) is 1.61. The zero-order valence-electron chi connectivity index (χ0n) is 14.4. The van der Waals surface area contributed by atoms with Gasteiger partial charge in [-0.05, 0) is 24.2 Å². The lowest BCUT2D eigenvalue weighted by Crippen LogP contribution is -2.45. The molecule has 1 heterocycles. The number of likely N-dealkylation sites (N-methyl/N-ethyl adjacent to an activating group) is 1. The van der Waals surface area contributed by atoms with Crippen molar-refractivity contribution in [2.75, 3.05) is 51.2 Å². The number of piperazine rings is 1. The van der Waals surface area contributed by atoms with Crippen molar-refractivity contribution in [2.45, 2.75) is 25.7 Å². The minimum Gasteiger partial charge on any atom is -0.394 e. The first-order valence-electron chi connectivity index (χ1n) is 8.51. The van der Waals surface area contributed by atoms with Crippen LogP contribution in [0.15, 0.2) is 18.2 Å². The van der Waals surface area contributed by atoms with Gasteiger partial charge in [-0.1, -0.05) is 13.0 Å². The number of nitrogens with zero attached hydrogens (tertiary/aromatic N) is 2. The zero-order chi connectivity index (χ0) is 18.4. The molecule has 0 bridgehead atoms. The van der Waals surface area contributed by atoms with Crippen LogP contribution in [-0.2, 0) is 12.7 Å². The van der Waals surface area contributed by atoms with E-state index in [-0.39, 0.29) is 24.3 Å². The second-order valence-corrected chi connectivity index (χ2v) is 6.30. The third kappa shape index (κ3) is 5.85. The molecule has 0 aliphatic carbocycles. The van der Waals surface area contributed by atoms with E-state index < -0.39 is 24.5 Å². The quantitative estimate of drug-likeness (QED) is 0.689. The van der Waals surface area contributed by atoms with E-state index in [1.807, 2.05) is 4.90 Å². The van der Waals surface area contributed by atoms with Crippen molar-refractivity contribution < 1.29 is 23.4 Å². The largest absolute Gasteiger partial charge is 0.416 e. The smallest absolute Gasteiger partial charge is 0.394 e. The van der Waals surface area contributed by atoms with Crippen molar-refractivity contribution in [3.63, 3.8) is 0 Å². The minimum atomic E-state index is -4.44. The van der Waals surface area contributed by atoms with E-state index in [0.29, 0.717) is 0 Å². The molecule has 0 saturated carbocycles. The van der Waals surface area contributed by atoms with E-state index in [0.717, 1.165) is 38.8 Å². The van der Waals surface area contributed by atoms with E-state index in [1.54, 1.807) is 6.07 Å². The Morgan fingerprint density at radius 3 is 2.36 bits per heavy atom. The Balaban J connectivity index is 2.09. The lowest BCUT2D eigenvalue weighted by molar-refractivity contribution is -0.138. The normalized spacial score (nSPS) is 18.3. The number of halogens is 3. The summed E-state index contributed by atoms with van der Waals surface area (Å²) in [7, 11) is 0. The zero-order valence-corrected chi connectivity index (χ0v) is 14.4. The van der Waals surface area contributed by atoms with Gasteiger partial charge in [0.1, 0.15) is 0 Å². The van der Waals surface area contributed by atoms with Gasteiger partial charge >= 0.3 is 6.18 Å². The van der Waals surface area contributed by atoms with Crippen LogP contribution in [0.5, 0.6) is 0 Å². The number of aliphatic hydroxyl groups is 2. The topological polar surface area (TPSA) is 59.0 Å². The molecule has 1 aliphatic rings. The minimum absolute atomic E-state index is 0.00782. The van der Waals surface area contributed by atoms with Crippen LogP contribution in [0, 0.1) is 0 Å². The van der Waals surface area contributed by atoms with Crippen molar-refractivity contribution in [3.05, 3.63) is 29.3 Å². The van der Waals surface area contributed by atoms with Gasteiger partial charge in [0.05, 0.1) is 18.3 Å². The molecule has 1 aromatic rings. The van der Waals surface area contributed by atoms with E-state index in [9.17, 15) is 18.3 Å². The number of hydrogen-bond donors (Lipinski definition) is 3. The van der Waals surface area contributed by atoms with Gasteiger partial charge in [-0.25, -0.2) is 0 Å². The standard InChI is InChI=1S/C17H26F3N3O2/c1-2-22-5-7-23(8-6-22)11-13-3-4-14(21-10-15(25)12-24)9-16(13)17(18,19)20/h3-4,9,15,21,24-25H,2,5-8,10-12H2,1H3. The summed E-state index contributed by atoms with van der Waals surface area (Å²) in [6, 6.07) is 4.14. The van der Waals surface area contributed by atoms with Crippen molar-refractivity contribution in [1.82, 2.24) is 9.80 Å². The highest BCUT2D eigenvalue weighted by molar-refractivity contribution is 5.50. The van der Waals surface area contributed by atoms with Crippen LogP contribution in [-0.4, -0.2) is 72.0 Å². The maximum Gasteiger partial charge on any atom is 0.416 e. The average molecular weight is 361 g/mol. The summed E-state index contributed by atoms with van der Waals surface area (Å²) in [5, 5.41) is 20.8. The Bertz CT molecular complexity index is 546. The summed E-state index contributed by atoms with van der Waals surface area (Å²) in [5.41, 5.74) is -0.126. The second-order valence-electron chi connectivity index (χ2n) is 6.30. The Morgan fingerprint density at radius 2 is 1.80 bits per heavy atom. The van der Waals surface area contributed by atoms with Gasteiger partial charge in [-0.15, -0.1) is 0 Å². The highest BCUT2D eigenvalue weighted by atomic mass is 19.4. The fourth-order valence-electron chi connectivity index (χ4n) is 2.89. The van der Waals surface area contributed by atoms with Crippen molar-refractivity contribution in [1.29, 1.82) is 0 Å². The molecule has 142 valence electrons. The van der Waals surface area contributed by atoms with E-state index in [1.165, 1.54) is 6.07 Å². The number of aliphatic hydroxyl groups excluding tert-OH is 2. The highest BCUT2D eigenvalue weighted by Crippen LogP contribution is 2.34. The van der Waals surface area contributed by atoms with Gasteiger partial charge in [0.2, 0.25) is 0 Å². The van der Waals surface area contributed by atoms with Gasteiger partial charge in [-0.2, -0.15) is 13.2 Å². The summed E-state index contributed by atoms with van der Waals surface area (Å²) in [4.78, 5) is 4.32. The molecule has 1 unspecified atom stereocenters. The number of anilines is 1. The first kappa shape index (κ1) is 20.0. The third-order valence-corrected chi connectivity index (χ3v) is 4.47. The average Bonchev–Trinajstić information content (AvgIpc) is 2.60. The highest BCUT2D eigenvalue weighted by Gasteiger charge is 2.34. The molecular weight excluding hydrogens is 335 g/mol. The van der Waals surface area contributed by atoms with Gasteiger partial charge < -0.3 is 20.4 Å². The van der Waals surface area contributed by atoms with Crippen molar-refractivity contribution >= 4 is 5.69 Å². The molecule has 0 aromatic heterocycles. The summed E-state index contributed by atoms with van der Waals surface area (Å²) in [5.74, 6) is 0. The number of hydrogen-bond acceptors (Lipinski definition) is 5. The Hall–Kier alpha value is -1.35. The summed E-state index contributed by atoms with van der Waals surface area (Å²) < 4.78 is 40.3. The predicted molar refractivity (Wildman–Crippen MR) is 90.4 cm³/mol. The molecule has 25 heavy (non-hydrogen) atoms. The van der Waals surface area contributed by atoms with Gasteiger partial charge in [0, 0.05) is 45.0 Å². The summed E-state index contributed by atoms with van der Waals surface area (Å²) in [6.07, 6.45) is -5.45. The Morgan fingerprint density at radius 1 is 1.16 bits per heavy atom. The lowest BCUT2D eigenvalue weighted by atomic mass is 10.0. The van der Waals surface area contributed by atoms with Crippen LogP contribution in [0.1, 0.15) is 18.1 Å². The van der Waals surface area contributed by atoms with Crippen molar-refractivity contribution in [3.8, 4) is 0 Å². The molecule has 0 spiro atoms. The molecule has 1 atom stereocenters. The molecule has 1 saturated heterocycles. The molecule has 5 nitrogen and oxygen atoms in total.